The zero-order valence-corrected chi connectivity index (χ0v) is 16.4. The highest BCUT2D eigenvalue weighted by Crippen LogP contribution is 2.34. The molecule has 0 aromatic heterocycles. The van der Waals surface area contributed by atoms with Crippen molar-refractivity contribution in [3.8, 4) is 11.5 Å². The van der Waals surface area contributed by atoms with E-state index in [1.54, 1.807) is 49.4 Å². The molecule has 0 unspecified atom stereocenters. The van der Waals surface area contributed by atoms with E-state index in [4.69, 9.17) is 14.2 Å². The fraction of sp³-hybridized carbons (Fsp3) is 0.286. The number of ether oxygens (including phenoxy) is 3. The summed E-state index contributed by atoms with van der Waals surface area (Å²) in [4.78, 5) is 37.0. The van der Waals surface area contributed by atoms with Gasteiger partial charge in [-0.1, -0.05) is 0 Å². The highest BCUT2D eigenvalue weighted by atomic mass is 16.7. The summed E-state index contributed by atoms with van der Waals surface area (Å²) in [5, 5.41) is 5.41. The Labute approximate surface area is 168 Å². The number of rotatable bonds is 6. The van der Waals surface area contributed by atoms with Crippen LogP contribution in [0.15, 0.2) is 42.5 Å². The molecule has 152 valence electrons. The molecular formula is C21H22N2O6. The highest BCUT2D eigenvalue weighted by molar-refractivity contribution is 6.14. The van der Waals surface area contributed by atoms with Gasteiger partial charge in [0, 0.05) is 17.4 Å². The van der Waals surface area contributed by atoms with Crippen LogP contribution in [0.5, 0.6) is 11.5 Å². The Balaban J connectivity index is 1.64. The molecule has 8 nitrogen and oxygen atoms in total. The van der Waals surface area contributed by atoms with Gasteiger partial charge in [0.05, 0.1) is 12.2 Å². The van der Waals surface area contributed by atoms with Crippen LogP contribution in [0.25, 0.3) is 0 Å². The quantitative estimate of drug-likeness (QED) is 0.572. The van der Waals surface area contributed by atoms with Crippen molar-refractivity contribution in [2.45, 2.75) is 20.8 Å². The van der Waals surface area contributed by atoms with Crippen LogP contribution in [0.4, 0.5) is 11.4 Å². The number of carbonyl (C=O) groups excluding carboxylic acids is 3. The lowest BCUT2D eigenvalue weighted by molar-refractivity contribution is -0.135. The maximum Gasteiger partial charge on any atom is 0.338 e. The number of esters is 1. The molecule has 29 heavy (non-hydrogen) atoms. The second-order valence-electron chi connectivity index (χ2n) is 6.90. The fourth-order valence-corrected chi connectivity index (χ4v) is 2.56. The first-order valence-electron chi connectivity index (χ1n) is 9.11. The minimum Gasteiger partial charge on any atom is -0.462 e. The molecule has 0 aliphatic carbocycles. The first kappa shape index (κ1) is 20.2. The molecule has 2 aromatic carbocycles. The number of nitrogens with one attached hydrogen (secondary N) is 2. The van der Waals surface area contributed by atoms with E-state index in [0.717, 1.165) is 0 Å². The van der Waals surface area contributed by atoms with E-state index >= 15 is 0 Å². The number of hydrogen-bond acceptors (Lipinski definition) is 6. The SMILES string of the molecule is CCOC(=O)c1ccc(NC(=O)C(C)(C)C(=O)Nc2ccc3c(c2)OCO3)cc1. The molecule has 8 heteroatoms. The minimum absolute atomic E-state index is 0.135. The van der Waals surface area contributed by atoms with Crippen LogP contribution in [0.1, 0.15) is 31.1 Å². The Hall–Kier alpha value is -3.55. The molecule has 2 N–H and O–H groups in total. The fourth-order valence-electron chi connectivity index (χ4n) is 2.56. The van der Waals surface area contributed by atoms with Gasteiger partial charge in [-0.15, -0.1) is 0 Å². The van der Waals surface area contributed by atoms with Crippen LogP contribution < -0.4 is 20.1 Å². The number of fused-ring (bicyclic) bond motifs is 1. The van der Waals surface area contributed by atoms with Crippen molar-refractivity contribution in [3.63, 3.8) is 0 Å². The van der Waals surface area contributed by atoms with Gasteiger partial charge in [0.2, 0.25) is 18.6 Å². The number of benzene rings is 2. The van der Waals surface area contributed by atoms with Crippen LogP contribution in [0, 0.1) is 5.41 Å². The summed E-state index contributed by atoms with van der Waals surface area (Å²) in [6.07, 6.45) is 0. The second-order valence-corrected chi connectivity index (χ2v) is 6.90. The summed E-state index contributed by atoms with van der Waals surface area (Å²) in [5.41, 5.74) is -0.00788. The van der Waals surface area contributed by atoms with Gasteiger partial charge in [-0.3, -0.25) is 9.59 Å². The molecule has 0 saturated heterocycles. The molecule has 2 amide bonds. The molecule has 0 fully saturated rings. The van der Waals surface area contributed by atoms with Crippen molar-refractivity contribution in [2.24, 2.45) is 5.41 Å². The third kappa shape index (κ3) is 4.48. The molecular weight excluding hydrogens is 376 g/mol. The van der Waals surface area contributed by atoms with Crippen LogP contribution in [0.3, 0.4) is 0 Å². The van der Waals surface area contributed by atoms with E-state index in [1.165, 1.54) is 13.8 Å². The van der Waals surface area contributed by atoms with Crippen molar-refractivity contribution in [3.05, 3.63) is 48.0 Å². The number of carbonyl (C=O) groups is 3. The Morgan fingerprint density at radius 3 is 2.17 bits per heavy atom. The summed E-state index contributed by atoms with van der Waals surface area (Å²) in [5.74, 6) is -0.261. The van der Waals surface area contributed by atoms with E-state index in [0.29, 0.717) is 28.4 Å². The van der Waals surface area contributed by atoms with Crippen molar-refractivity contribution in [2.75, 3.05) is 24.0 Å². The molecule has 0 bridgehead atoms. The third-order valence-corrected chi connectivity index (χ3v) is 4.42. The monoisotopic (exact) mass is 398 g/mol. The lowest BCUT2D eigenvalue weighted by Gasteiger charge is -2.23. The average molecular weight is 398 g/mol. The summed E-state index contributed by atoms with van der Waals surface area (Å²) in [6.45, 7) is 5.19. The van der Waals surface area contributed by atoms with Crippen molar-refractivity contribution in [1.82, 2.24) is 0 Å². The summed E-state index contributed by atoms with van der Waals surface area (Å²) < 4.78 is 15.5. The number of amides is 2. The Morgan fingerprint density at radius 1 is 0.931 bits per heavy atom. The van der Waals surface area contributed by atoms with Crippen molar-refractivity contribution < 1.29 is 28.6 Å². The van der Waals surface area contributed by atoms with Gasteiger partial charge in [-0.05, 0) is 57.2 Å². The van der Waals surface area contributed by atoms with E-state index in [1.807, 2.05) is 0 Å². The maximum atomic E-state index is 12.7. The Morgan fingerprint density at radius 2 is 1.52 bits per heavy atom. The first-order chi connectivity index (χ1) is 13.8. The summed E-state index contributed by atoms with van der Waals surface area (Å²) >= 11 is 0. The summed E-state index contributed by atoms with van der Waals surface area (Å²) in [7, 11) is 0. The van der Waals surface area contributed by atoms with Crippen molar-refractivity contribution >= 4 is 29.2 Å². The first-order valence-corrected chi connectivity index (χ1v) is 9.11. The molecule has 0 radical (unpaired) electrons. The van der Waals surface area contributed by atoms with Crippen LogP contribution in [0.2, 0.25) is 0 Å². The molecule has 2 aromatic rings. The van der Waals surface area contributed by atoms with Gasteiger partial charge >= 0.3 is 5.97 Å². The van der Waals surface area contributed by atoms with Gasteiger partial charge in [0.25, 0.3) is 0 Å². The van der Waals surface area contributed by atoms with E-state index in [2.05, 4.69) is 10.6 Å². The summed E-state index contributed by atoms with van der Waals surface area (Å²) in [6, 6.07) is 11.3. The number of anilines is 2. The molecule has 0 atom stereocenters. The lowest BCUT2D eigenvalue weighted by Crippen LogP contribution is -2.41. The van der Waals surface area contributed by atoms with Gasteiger partial charge in [0.15, 0.2) is 11.5 Å². The number of hydrogen-bond donors (Lipinski definition) is 2. The molecule has 0 saturated carbocycles. The topological polar surface area (TPSA) is 103 Å². The van der Waals surface area contributed by atoms with E-state index < -0.39 is 23.2 Å². The van der Waals surface area contributed by atoms with Gasteiger partial charge < -0.3 is 24.8 Å². The Bertz CT molecular complexity index is 937. The van der Waals surface area contributed by atoms with Gasteiger partial charge in [0.1, 0.15) is 5.41 Å². The predicted octanol–water partition coefficient (Wildman–Crippen LogP) is 3.20. The molecule has 0 spiro atoms. The van der Waals surface area contributed by atoms with Gasteiger partial charge in [-0.2, -0.15) is 0 Å². The normalized spacial score (nSPS) is 12.2. The van der Waals surface area contributed by atoms with Crippen LogP contribution >= 0.6 is 0 Å². The Kier molecular flexibility index (Phi) is 5.72. The minimum atomic E-state index is -1.35. The highest BCUT2D eigenvalue weighted by Gasteiger charge is 2.36. The van der Waals surface area contributed by atoms with E-state index in [9.17, 15) is 14.4 Å². The van der Waals surface area contributed by atoms with Gasteiger partial charge in [-0.25, -0.2) is 4.79 Å². The lowest BCUT2D eigenvalue weighted by atomic mass is 9.90. The maximum absolute atomic E-state index is 12.7. The average Bonchev–Trinajstić information content (AvgIpc) is 3.16. The standard InChI is InChI=1S/C21H22N2O6/c1-4-27-18(24)13-5-7-14(8-6-13)22-19(25)21(2,3)20(26)23-15-9-10-16-17(11-15)29-12-28-16/h5-11H,4,12H2,1-3H3,(H,22,25)(H,23,26). The zero-order chi connectivity index (χ0) is 21.0. The molecule has 1 heterocycles. The largest absolute Gasteiger partial charge is 0.462 e. The van der Waals surface area contributed by atoms with E-state index in [-0.39, 0.29) is 13.4 Å². The second kappa shape index (κ2) is 8.22. The van der Waals surface area contributed by atoms with Crippen LogP contribution in [-0.2, 0) is 14.3 Å². The molecule has 1 aliphatic heterocycles. The molecule has 1 aliphatic rings. The van der Waals surface area contributed by atoms with Crippen molar-refractivity contribution in [1.29, 1.82) is 0 Å². The predicted molar refractivity (Wildman–Crippen MR) is 106 cm³/mol. The van der Waals surface area contributed by atoms with Crippen LogP contribution in [-0.4, -0.2) is 31.2 Å². The third-order valence-electron chi connectivity index (χ3n) is 4.42. The smallest absolute Gasteiger partial charge is 0.338 e. The molecule has 3 rings (SSSR count). The zero-order valence-electron chi connectivity index (χ0n) is 16.4.